The van der Waals surface area contributed by atoms with Gasteiger partial charge >= 0.3 is 5.97 Å². The van der Waals surface area contributed by atoms with Crippen molar-refractivity contribution in [2.24, 2.45) is 28.6 Å². The molecule has 33 heavy (non-hydrogen) atoms. The van der Waals surface area contributed by atoms with Gasteiger partial charge in [-0.15, -0.1) is 0 Å². The van der Waals surface area contributed by atoms with Crippen LogP contribution in [-0.4, -0.2) is 29.1 Å². The summed E-state index contributed by atoms with van der Waals surface area (Å²) >= 11 is 0. The summed E-state index contributed by atoms with van der Waals surface area (Å²) in [6.45, 7) is 6.76. The lowest BCUT2D eigenvalue weighted by molar-refractivity contribution is -0.152. The minimum Gasteiger partial charge on any atom is -0.462 e. The number of hydrogen-bond donors (Lipinski definition) is 1. The summed E-state index contributed by atoms with van der Waals surface area (Å²) < 4.78 is 5.90. The molecule has 0 heterocycles. The number of carbonyl (C=O) groups is 2. The predicted molar refractivity (Wildman–Crippen MR) is 131 cm³/mol. The van der Waals surface area contributed by atoms with Gasteiger partial charge < -0.3 is 9.84 Å². The second-order valence-corrected chi connectivity index (χ2v) is 12.0. The fourth-order valence-electron chi connectivity index (χ4n) is 7.96. The van der Waals surface area contributed by atoms with Crippen LogP contribution in [0.3, 0.4) is 0 Å². The first kappa shape index (κ1) is 24.9. The topological polar surface area (TPSA) is 63.6 Å². The maximum absolute atomic E-state index is 12.6. The zero-order chi connectivity index (χ0) is 23.6. The third-order valence-electron chi connectivity index (χ3n) is 10.1. The summed E-state index contributed by atoms with van der Waals surface area (Å²) in [5.41, 5.74) is 1.13. The number of Topliss-reactive ketones (excluding diaryl/α,β-unsaturated/α-hetero) is 1. The maximum atomic E-state index is 12.6. The van der Waals surface area contributed by atoms with Crippen LogP contribution in [0.25, 0.3) is 0 Å². The van der Waals surface area contributed by atoms with Gasteiger partial charge in [-0.1, -0.05) is 70.9 Å². The van der Waals surface area contributed by atoms with Crippen molar-refractivity contribution in [2.45, 2.75) is 129 Å². The molecule has 4 aliphatic rings. The number of unbranched alkanes of at least 4 members (excludes halogenated alkanes) is 6. The van der Waals surface area contributed by atoms with Gasteiger partial charge in [0.1, 0.15) is 11.9 Å². The first-order chi connectivity index (χ1) is 15.8. The SMILES string of the molecule is CCCCCCCCCC(=O)O[C@H]1CC[C@@]2(C)C(=C[C@@H](O)C3C2CC[C@]2(C)C(=O)CCC32)C1. The van der Waals surface area contributed by atoms with Crippen molar-refractivity contribution in [3.63, 3.8) is 0 Å². The minimum absolute atomic E-state index is 0.0490. The van der Waals surface area contributed by atoms with Crippen molar-refractivity contribution in [1.82, 2.24) is 0 Å². The van der Waals surface area contributed by atoms with Crippen LogP contribution in [0.1, 0.15) is 117 Å². The number of aliphatic hydroxyl groups is 1. The Labute approximate surface area is 200 Å². The van der Waals surface area contributed by atoms with E-state index in [-0.39, 0.29) is 28.8 Å². The normalized spacial score (nSPS) is 39.9. The summed E-state index contributed by atoms with van der Waals surface area (Å²) in [4.78, 5) is 25.1. The molecule has 0 amide bonds. The van der Waals surface area contributed by atoms with E-state index in [2.05, 4.69) is 26.8 Å². The lowest BCUT2D eigenvalue weighted by Gasteiger charge is -2.58. The third kappa shape index (κ3) is 4.83. The molecule has 4 nitrogen and oxygen atoms in total. The summed E-state index contributed by atoms with van der Waals surface area (Å²) in [6, 6.07) is 0. The molecule has 0 bridgehead atoms. The molecule has 7 atom stereocenters. The van der Waals surface area contributed by atoms with Crippen LogP contribution in [0, 0.1) is 28.6 Å². The molecule has 0 aromatic rings. The van der Waals surface area contributed by atoms with Gasteiger partial charge in [-0.25, -0.2) is 0 Å². The van der Waals surface area contributed by atoms with E-state index in [0.717, 1.165) is 51.4 Å². The van der Waals surface area contributed by atoms with Crippen molar-refractivity contribution in [3.8, 4) is 0 Å². The number of ketones is 1. The smallest absolute Gasteiger partial charge is 0.306 e. The van der Waals surface area contributed by atoms with Crippen LogP contribution in [0.15, 0.2) is 11.6 Å². The number of carbonyl (C=O) groups excluding carboxylic acids is 2. The van der Waals surface area contributed by atoms with E-state index in [1.165, 1.54) is 37.7 Å². The number of aliphatic hydroxyl groups excluding tert-OH is 1. The zero-order valence-corrected chi connectivity index (χ0v) is 21.2. The van der Waals surface area contributed by atoms with Crippen LogP contribution >= 0.6 is 0 Å². The Balaban J connectivity index is 1.32. The molecule has 4 aliphatic carbocycles. The van der Waals surface area contributed by atoms with E-state index in [9.17, 15) is 14.7 Å². The van der Waals surface area contributed by atoms with Gasteiger partial charge in [0.05, 0.1) is 6.10 Å². The second-order valence-electron chi connectivity index (χ2n) is 12.0. The van der Waals surface area contributed by atoms with Crippen LogP contribution in [0.5, 0.6) is 0 Å². The van der Waals surface area contributed by atoms with E-state index >= 15 is 0 Å². The Kier molecular flexibility index (Phi) is 7.73. The van der Waals surface area contributed by atoms with Gasteiger partial charge in [-0.2, -0.15) is 0 Å². The van der Waals surface area contributed by atoms with Crippen LogP contribution in [0.4, 0.5) is 0 Å². The van der Waals surface area contributed by atoms with Gasteiger partial charge in [0.15, 0.2) is 0 Å². The Bertz CT molecular complexity index is 757. The quantitative estimate of drug-likeness (QED) is 0.242. The molecule has 0 saturated heterocycles. The molecule has 186 valence electrons. The lowest BCUT2D eigenvalue weighted by Crippen LogP contribution is -2.54. The van der Waals surface area contributed by atoms with Crippen molar-refractivity contribution in [3.05, 3.63) is 11.6 Å². The Morgan fingerprint density at radius 3 is 2.42 bits per heavy atom. The van der Waals surface area contributed by atoms with Gasteiger partial charge in [0, 0.05) is 24.7 Å². The molecule has 0 radical (unpaired) electrons. The third-order valence-corrected chi connectivity index (χ3v) is 10.1. The van der Waals surface area contributed by atoms with E-state index in [1.807, 2.05) is 0 Å². The number of ether oxygens (including phenoxy) is 1. The van der Waals surface area contributed by atoms with Gasteiger partial charge in [0.25, 0.3) is 0 Å². The standard InChI is InChI=1S/C29H46O4/c1-4-5-6-7-8-9-10-11-26(32)33-21-14-16-28(2)20(18-21)19-24(30)27-22-12-13-25(31)29(22,3)17-15-23(27)28/h19,21-24,27,30H,4-18H2,1-3H3/t21-,22?,23?,24+,27?,28-,29-/m0/s1. The van der Waals surface area contributed by atoms with E-state index < -0.39 is 6.10 Å². The van der Waals surface area contributed by atoms with E-state index in [4.69, 9.17) is 4.74 Å². The average Bonchev–Trinajstić information content (AvgIpc) is 3.09. The molecule has 0 aromatic heterocycles. The highest BCUT2D eigenvalue weighted by Crippen LogP contribution is 2.64. The number of rotatable bonds is 9. The van der Waals surface area contributed by atoms with Gasteiger partial charge in [-0.05, 0) is 61.7 Å². The Morgan fingerprint density at radius 2 is 1.67 bits per heavy atom. The van der Waals surface area contributed by atoms with Crippen LogP contribution in [-0.2, 0) is 14.3 Å². The number of hydrogen-bond acceptors (Lipinski definition) is 4. The second kappa shape index (κ2) is 10.2. The molecular weight excluding hydrogens is 412 g/mol. The zero-order valence-electron chi connectivity index (χ0n) is 21.2. The van der Waals surface area contributed by atoms with E-state index in [1.54, 1.807) is 0 Å². The Hall–Kier alpha value is -1.16. The highest BCUT2D eigenvalue weighted by atomic mass is 16.5. The lowest BCUT2D eigenvalue weighted by atomic mass is 9.47. The predicted octanol–water partition coefficient (Wildman–Crippen LogP) is 6.54. The number of fused-ring (bicyclic) bond motifs is 5. The highest BCUT2D eigenvalue weighted by molar-refractivity contribution is 5.87. The summed E-state index contributed by atoms with van der Waals surface area (Å²) in [7, 11) is 0. The van der Waals surface area contributed by atoms with Crippen LogP contribution in [0.2, 0.25) is 0 Å². The fourth-order valence-corrected chi connectivity index (χ4v) is 7.96. The van der Waals surface area contributed by atoms with Crippen molar-refractivity contribution in [2.75, 3.05) is 0 Å². The minimum atomic E-state index is -0.476. The molecule has 3 unspecified atom stereocenters. The van der Waals surface area contributed by atoms with Gasteiger partial charge in [-0.3, -0.25) is 9.59 Å². The maximum Gasteiger partial charge on any atom is 0.306 e. The molecular formula is C29H46O4. The average molecular weight is 459 g/mol. The van der Waals surface area contributed by atoms with E-state index in [0.29, 0.717) is 30.5 Å². The first-order valence-corrected chi connectivity index (χ1v) is 13.9. The van der Waals surface area contributed by atoms with Crippen molar-refractivity contribution >= 4 is 11.8 Å². The summed E-state index contributed by atoms with van der Waals surface area (Å²) in [6.07, 6.45) is 16.8. The number of esters is 1. The molecule has 0 aromatic carbocycles. The first-order valence-electron chi connectivity index (χ1n) is 13.9. The molecule has 0 aliphatic heterocycles. The molecule has 4 rings (SSSR count). The largest absolute Gasteiger partial charge is 0.462 e. The molecule has 1 N–H and O–H groups in total. The van der Waals surface area contributed by atoms with Crippen LogP contribution < -0.4 is 0 Å². The Morgan fingerprint density at radius 1 is 1.00 bits per heavy atom. The molecule has 0 spiro atoms. The van der Waals surface area contributed by atoms with Gasteiger partial charge in [0.2, 0.25) is 0 Å². The monoisotopic (exact) mass is 458 g/mol. The molecule has 3 fully saturated rings. The highest BCUT2D eigenvalue weighted by Gasteiger charge is 2.60. The van der Waals surface area contributed by atoms with Crippen molar-refractivity contribution in [1.29, 1.82) is 0 Å². The summed E-state index contributed by atoms with van der Waals surface area (Å²) in [5, 5.41) is 11.2. The molecule has 3 saturated carbocycles. The fraction of sp³-hybridized carbons (Fsp3) is 0.862. The van der Waals surface area contributed by atoms with Crippen molar-refractivity contribution < 1.29 is 19.4 Å². The molecule has 4 heteroatoms. The summed E-state index contributed by atoms with van der Waals surface area (Å²) in [5.74, 6) is 1.30.